The zero-order valence-corrected chi connectivity index (χ0v) is 17.2. The highest BCUT2D eigenvalue weighted by atomic mass is 35.5. The van der Waals surface area contributed by atoms with Crippen molar-refractivity contribution < 1.29 is 4.42 Å². The van der Waals surface area contributed by atoms with Gasteiger partial charge < -0.3 is 8.98 Å². The maximum atomic E-state index is 6.08. The van der Waals surface area contributed by atoms with E-state index in [1.807, 2.05) is 24.3 Å². The van der Waals surface area contributed by atoms with Crippen LogP contribution >= 0.6 is 11.6 Å². The third-order valence-electron chi connectivity index (χ3n) is 5.95. The Hall–Kier alpha value is -2.49. The first-order chi connectivity index (χ1) is 14.2. The molecular weight excluding hydrogens is 380 g/mol. The molecule has 4 heteroatoms. The first kappa shape index (κ1) is 18.5. The molecule has 1 saturated heterocycles. The predicted octanol–water partition coefficient (Wildman–Crippen LogP) is 6.47. The lowest BCUT2D eigenvalue weighted by Gasteiger charge is -2.31. The minimum Gasteiger partial charge on any atom is -0.460 e. The Labute approximate surface area is 176 Å². The highest BCUT2D eigenvalue weighted by Crippen LogP contribution is 2.26. The van der Waals surface area contributed by atoms with Crippen molar-refractivity contribution in [3.8, 4) is 11.3 Å². The van der Waals surface area contributed by atoms with E-state index in [0.29, 0.717) is 0 Å². The minimum absolute atomic E-state index is 0.745. The van der Waals surface area contributed by atoms with Gasteiger partial charge in [0, 0.05) is 29.5 Å². The molecule has 4 aromatic rings. The van der Waals surface area contributed by atoms with E-state index in [1.54, 1.807) is 0 Å². The Morgan fingerprint density at radius 1 is 0.862 bits per heavy atom. The summed E-state index contributed by atoms with van der Waals surface area (Å²) in [6.45, 7) is 4.25. The Morgan fingerprint density at radius 2 is 1.55 bits per heavy atom. The molecule has 1 fully saturated rings. The van der Waals surface area contributed by atoms with Crippen molar-refractivity contribution in [3.63, 3.8) is 0 Å². The van der Waals surface area contributed by atoms with Gasteiger partial charge in [0.25, 0.3) is 0 Å². The molecule has 0 atom stereocenters. The molecular formula is C25H25ClN2O. The normalized spacial score (nSPS) is 15.9. The lowest BCUT2D eigenvalue weighted by molar-refractivity contribution is 0.158. The second kappa shape index (κ2) is 8.10. The van der Waals surface area contributed by atoms with Gasteiger partial charge in [-0.2, -0.15) is 0 Å². The summed E-state index contributed by atoms with van der Waals surface area (Å²) in [5, 5.41) is 3.41. The van der Waals surface area contributed by atoms with Gasteiger partial charge in [-0.3, -0.25) is 4.90 Å². The molecule has 2 aromatic heterocycles. The highest BCUT2D eigenvalue weighted by Gasteiger charge is 2.20. The number of hydrogen-bond acceptors (Lipinski definition) is 2. The first-order valence-electron chi connectivity index (χ1n) is 10.3. The van der Waals surface area contributed by atoms with Crippen LogP contribution in [-0.2, 0) is 13.1 Å². The van der Waals surface area contributed by atoms with Crippen LogP contribution in [-0.4, -0.2) is 22.6 Å². The Kier molecular flexibility index (Phi) is 5.17. The molecule has 0 unspecified atom stereocenters. The first-order valence-corrected chi connectivity index (χ1v) is 10.7. The summed E-state index contributed by atoms with van der Waals surface area (Å²) in [6, 6.07) is 20.6. The van der Waals surface area contributed by atoms with E-state index in [0.717, 1.165) is 54.2 Å². The maximum absolute atomic E-state index is 6.08. The summed E-state index contributed by atoms with van der Waals surface area (Å²) < 4.78 is 8.45. The van der Waals surface area contributed by atoms with Crippen LogP contribution in [0, 0.1) is 5.92 Å². The number of rotatable bonds is 5. The van der Waals surface area contributed by atoms with Crippen LogP contribution in [0.5, 0.6) is 0 Å². The number of hydrogen-bond donors (Lipinski definition) is 0. The van der Waals surface area contributed by atoms with Gasteiger partial charge in [-0.05, 0) is 79.0 Å². The second-order valence-corrected chi connectivity index (χ2v) is 8.51. The fraction of sp³-hybridized carbons (Fsp3) is 0.280. The van der Waals surface area contributed by atoms with E-state index < -0.39 is 0 Å². The molecule has 3 nitrogen and oxygen atoms in total. The van der Waals surface area contributed by atoms with Gasteiger partial charge in [0.05, 0.1) is 6.54 Å². The van der Waals surface area contributed by atoms with Gasteiger partial charge in [0.1, 0.15) is 11.5 Å². The number of piperidine rings is 1. The minimum atomic E-state index is 0.745. The molecule has 0 spiro atoms. The van der Waals surface area contributed by atoms with Gasteiger partial charge in [-0.25, -0.2) is 0 Å². The molecule has 0 radical (unpaired) electrons. The van der Waals surface area contributed by atoms with Crippen LogP contribution < -0.4 is 0 Å². The van der Waals surface area contributed by atoms with Crippen molar-refractivity contribution in [2.75, 3.05) is 13.1 Å². The van der Waals surface area contributed by atoms with E-state index in [9.17, 15) is 0 Å². The Balaban J connectivity index is 1.15. The maximum Gasteiger partial charge on any atom is 0.134 e. The SMILES string of the molecule is Clc1ccc(-c2ccc(CN3CCC(Cn4cc5ccccc5c4)CC3)o2)cc1. The van der Waals surface area contributed by atoms with E-state index in [2.05, 4.69) is 58.3 Å². The number of fused-ring (bicyclic) bond motifs is 1. The fourth-order valence-corrected chi connectivity index (χ4v) is 4.45. The third kappa shape index (κ3) is 4.26. The molecule has 3 heterocycles. The van der Waals surface area contributed by atoms with Gasteiger partial charge in [0.2, 0.25) is 0 Å². The molecule has 0 amide bonds. The van der Waals surface area contributed by atoms with Crippen LogP contribution in [0.3, 0.4) is 0 Å². The average molecular weight is 405 g/mol. The molecule has 0 aliphatic carbocycles. The number of furan rings is 1. The van der Waals surface area contributed by atoms with E-state index in [4.69, 9.17) is 16.0 Å². The number of halogens is 1. The lowest BCUT2D eigenvalue weighted by Crippen LogP contribution is -2.34. The van der Waals surface area contributed by atoms with Crippen molar-refractivity contribution >= 4 is 22.4 Å². The molecule has 148 valence electrons. The fourth-order valence-electron chi connectivity index (χ4n) is 4.32. The predicted molar refractivity (Wildman–Crippen MR) is 119 cm³/mol. The van der Waals surface area contributed by atoms with Crippen molar-refractivity contribution in [2.45, 2.75) is 25.9 Å². The number of benzene rings is 2. The molecule has 0 N–H and O–H groups in total. The van der Waals surface area contributed by atoms with Crippen molar-refractivity contribution in [1.82, 2.24) is 9.47 Å². The van der Waals surface area contributed by atoms with Crippen LogP contribution in [0.2, 0.25) is 5.02 Å². The molecule has 0 saturated carbocycles. The smallest absolute Gasteiger partial charge is 0.134 e. The molecule has 2 aromatic carbocycles. The number of aromatic nitrogens is 1. The molecule has 29 heavy (non-hydrogen) atoms. The zero-order chi connectivity index (χ0) is 19.6. The van der Waals surface area contributed by atoms with Crippen molar-refractivity contribution in [2.24, 2.45) is 5.92 Å². The number of likely N-dealkylation sites (tertiary alicyclic amines) is 1. The van der Waals surface area contributed by atoms with Crippen LogP contribution in [0.4, 0.5) is 0 Å². The van der Waals surface area contributed by atoms with Gasteiger partial charge in [-0.1, -0.05) is 35.9 Å². The standard InChI is InChI=1S/C25H25ClN2O/c26-23-7-5-20(6-8-23)25-10-9-24(29-25)18-27-13-11-19(12-14-27)15-28-16-21-3-1-2-4-22(21)17-28/h1-10,16-17,19H,11-15,18H2. The largest absolute Gasteiger partial charge is 0.460 e. The van der Waals surface area contributed by atoms with E-state index in [-0.39, 0.29) is 0 Å². The van der Waals surface area contributed by atoms with Gasteiger partial charge in [-0.15, -0.1) is 0 Å². The summed E-state index contributed by atoms with van der Waals surface area (Å²) in [7, 11) is 0. The highest BCUT2D eigenvalue weighted by molar-refractivity contribution is 6.30. The van der Waals surface area contributed by atoms with Gasteiger partial charge in [0.15, 0.2) is 0 Å². The van der Waals surface area contributed by atoms with Crippen molar-refractivity contribution in [1.29, 1.82) is 0 Å². The zero-order valence-electron chi connectivity index (χ0n) is 16.4. The Bertz CT molecular complexity index is 1050. The molecule has 0 bridgehead atoms. The Morgan fingerprint density at radius 3 is 2.24 bits per heavy atom. The molecule has 1 aliphatic heterocycles. The number of nitrogens with zero attached hydrogens (tertiary/aromatic N) is 2. The van der Waals surface area contributed by atoms with Crippen LogP contribution in [0.25, 0.3) is 22.1 Å². The summed E-state index contributed by atoms with van der Waals surface area (Å²) in [6.07, 6.45) is 7.03. The van der Waals surface area contributed by atoms with Gasteiger partial charge >= 0.3 is 0 Å². The summed E-state index contributed by atoms with van der Waals surface area (Å²) in [5.74, 6) is 2.69. The third-order valence-corrected chi connectivity index (χ3v) is 6.20. The lowest BCUT2D eigenvalue weighted by atomic mass is 9.96. The van der Waals surface area contributed by atoms with Crippen LogP contribution in [0.1, 0.15) is 18.6 Å². The topological polar surface area (TPSA) is 21.3 Å². The average Bonchev–Trinajstić information content (AvgIpc) is 3.36. The molecule has 5 rings (SSSR count). The summed E-state index contributed by atoms with van der Waals surface area (Å²) in [4.78, 5) is 2.51. The monoisotopic (exact) mass is 404 g/mol. The summed E-state index contributed by atoms with van der Waals surface area (Å²) >= 11 is 5.98. The quantitative estimate of drug-likeness (QED) is 0.380. The second-order valence-electron chi connectivity index (χ2n) is 8.08. The van der Waals surface area contributed by atoms with Crippen LogP contribution in [0.15, 0.2) is 77.5 Å². The summed E-state index contributed by atoms with van der Waals surface area (Å²) in [5.41, 5.74) is 1.07. The van der Waals surface area contributed by atoms with E-state index in [1.165, 1.54) is 23.6 Å². The molecule has 1 aliphatic rings. The van der Waals surface area contributed by atoms with E-state index >= 15 is 0 Å². The van der Waals surface area contributed by atoms with Crippen molar-refractivity contribution in [3.05, 3.63) is 83.8 Å².